The quantitative estimate of drug-likeness (QED) is 0.442. The summed E-state index contributed by atoms with van der Waals surface area (Å²) in [5, 5.41) is 2.95. The molecule has 1 amide bonds. The maximum Gasteiger partial charge on any atom is 0.262 e. The lowest BCUT2D eigenvalue weighted by Gasteiger charge is -2.16. The standard InChI is InChI=1S/C22H29BrN2O4S/c1-4-7-12-24-30(27,28)20-10-8-19(9-11-20)29-15-21(26)25-22-16(5-2)13-18(23)14-17(22)6-3/h8-11,13-14,24H,4-7,12,15H2,1-3H3,(H,25,26). The van der Waals surface area contributed by atoms with Gasteiger partial charge in [-0.15, -0.1) is 0 Å². The monoisotopic (exact) mass is 496 g/mol. The van der Waals surface area contributed by atoms with Crippen LogP contribution in [0.25, 0.3) is 0 Å². The van der Waals surface area contributed by atoms with Crippen LogP contribution >= 0.6 is 15.9 Å². The Morgan fingerprint density at radius 1 is 1.03 bits per heavy atom. The summed E-state index contributed by atoms with van der Waals surface area (Å²) in [6, 6.07) is 10.1. The highest BCUT2D eigenvalue weighted by Gasteiger charge is 2.14. The third kappa shape index (κ3) is 6.82. The molecule has 2 aromatic carbocycles. The van der Waals surface area contributed by atoms with E-state index in [9.17, 15) is 13.2 Å². The molecule has 0 aliphatic carbocycles. The van der Waals surface area contributed by atoms with Gasteiger partial charge in [-0.3, -0.25) is 4.79 Å². The average Bonchev–Trinajstić information content (AvgIpc) is 2.73. The molecule has 0 bridgehead atoms. The molecule has 0 aliphatic rings. The summed E-state index contributed by atoms with van der Waals surface area (Å²) in [4.78, 5) is 12.6. The molecule has 30 heavy (non-hydrogen) atoms. The zero-order valence-electron chi connectivity index (χ0n) is 17.6. The highest BCUT2D eigenvalue weighted by Crippen LogP contribution is 2.27. The third-order valence-corrected chi connectivity index (χ3v) is 6.55. The van der Waals surface area contributed by atoms with Crippen molar-refractivity contribution in [1.29, 1.82) is 0 Å². The van der Waals surface area contributed by atoms with Crippen molar-refractivity contribution in [2.24, 2.45) is 0 Å². The zero-order valence-corrected chi connectivity index (χ0v) is 20.0. The van der Waals surface area contributed by atoms with Gasteiger partial charge in [0.2, 0.25) is 10.0 Å². The van der Waals surface area contributed by atoms with Crippen LogP contribution in [0, 0.1) is 0 Å². The van der Waals surface area contributed by atoms with Crippen LogP contribution in [-0.4, -0.2) is 27.5 Å². The van der Waals surface area contributed by atoms with Gasteiger partial charge in [-0.2, -0.15) is 0 Å². The van der Waals surface area contributed by atoms with Gasteiger partial charge >= 0.3 is 0 Å². The predicted molar refractivity (Wildman–Crippen MR) is 124 cm³/mol. The Balaban J connectivity index is 1.99. The fourth-order valence-corrected chi connectivity index (χ4v) is 4.58. The minimum Gasteiger partial charge on any atom is -0.484 e. The van der Waals surface area contributed by atoms with Gasteiger partial charge in [-0.05, 0) is 66.8 Å². The first kappa shape index (κ1) is 24.4. The number of sulfonamides is 1. The number of anilines is 1. The first-order valence-corrected chi connectivity index (χ1v) is 12.4. The summed E-state index contributed by atoms with van der Waals surface area (Å²) in [5.41, 5.74) is 2.94. The van der Waals surface area contributed by atoms with E-state index in [2.05, 4.69) is 26.0 Å². The largest absolute Gasteiger partial charge is 0.484 e. The van der Waals surface area contributed by atoms with Crippen molar-refractivity contribution in [2.75, 3.05) is 18.5 Å². The second-order valence-corrected chi connectivity index (χ2v) is 9.55. The van der Waals surface area contributed by atoms with Gasteiger partial charge in [-0.25, -0.2) is 13.1 Å². The molecule has 0 radical (unpaired) electrons. The van der Waals surface area contributed by atoms with E-state index in [1.54, 1.807) is 12.1 Å². The highest BCUT2D eigenvalue weighted by atomic mass is 79.9. The summed E-state index contributed by atoms with van der Waals surface area (Å²) < 4.78 is 33.5. The zero-order chi connectivity index (χ0) is 22.1. The molecule has 0 spiro atoms. The van der Waals surface area contributed by atoms with Crippen LogP contribution in [0.2, 0.25) is 0 Å². The first-order valence-electron chi connectivity index (χ1n) is 10.1. The topological polar surface area (TPSA) is 84.5 Å². The number of nitrogens with one attached hydrogen (secondary N) is 2. The molecular weight excluding hydrogens is 468 g/mol. The summed E-state index contributed by atoms with van der Waals surface area (Å²) in [5.74, 6) is 0.166. The summed E-state index contributed by atoms with van der Waals surface area (Å²) in [7, 11) is -3.53. The smallest absolute Gasteiger partial charge is 0.262 e. The number of hydrogen-bond acceptors (Lipinski definition) is 4. The van der Waals surface area contributed by atoms with Gasteiger partial charge in [0.1, 0.15) is 5.75 Å². The number of amides is 1. The summed E-state index contributed by atoms with van der Waals surface area (Å²) in [6.07, 6.45) is 3.29. The van der Waals surface area contributed by atoms with Crippen LogP contribution in [0.1, 0.15) is 44.7 Å². The molecule has 164 valence electrons. The molecule has 2 N–H and O–H groups in total. The molecule has 0 aliphatic heterocycles. The van der Waals surface area contributed by atoms with Crippen LogP contribution in [0.3, 0.4) is 0 Å². The second-order valence-electron chi connectivity index (χ2n) is 6.87. The van der Waals surface area contributed by atoms with E-state index in [-0.39, 0.29) is 17.4 Å². The lowest BCUT2D eigenvalue weighted by atomic mass is 10.0. The molecule has 0 heterocycles. The van der Waals surface area contributed by atoms with E-state index in [1.165, 1.54) is 12.1 Å². The lowest BCUT2D eigenvalue weighted by molar-refractivity contribution is -0.118. The predicted octanol–water partition coefficient (Wildman–Crippen LogP) is 4.67. The van der Waals surface area contributed by atoms with E-state index >= 15 is 0 Å². The molecule has 2 aromatic rings. The van der Waals surface area contributed by atoms with Crippen molar-refractivity contribution in [1.82, 2.24) is 4.72 Å². The van der Waals surface area contributed by atoms with Gasteiger partial charge < -0.3 is 10.1 Å². The Morgan fingerprint density at radius 2 is 1.63 bits per heavy atom. The van der Waals surface area contributed by atoms with Gasteiger partial charge in [0, 0.05) is 16.7 Å². The number of unbranched alkanes of at least 4 members (excludes halogenated alkanes) is 1. The minimum atomic E-state index is -3.53. The van der Waals surface area contributed by atoms with E-state index in [0.717, 1.165) is 47.0 Å². The van der Waals surface area contributed by atoms with E-state index < -0.39 is 10.0 Å². The number of ether oxygens (including phenoxy) is 1. The maximum absolute atomic E-state index is 12.4. The highest BCUT2D eigenvalue weighted by molar-refractivity contribution is 9.10. The molecule has 0 fully saturated rings. The average molecular weight is 497 g/mol. The third-order valence-electron chi connectivity index (χ3n) is 4.62. The number of aryl methyl sites for hydroxylation is 2. The van der Waals surface area contributed by atoms with Gasteiger partial charge in [0.15, 0.2) is 6.61 Å². The van der Waals surface area contributed by atoms with Crippen LogP contribution in [0.15, 0.2) is 45.8 Å². The molecule has 0 saturated carbocycles. The number of carbonyl (C=O) groups excluding carboxylic acids is 1. The summed E-state index contributed by atoms with van der Waals surface area (Å²) >= 11 is 3.51. The molecule has 0 saturated heterocycles. The molecule has 0 aromatic heterocycles. The molecule has 0 unspecified atom stereocenters. The molecule has 2 rings (SSSR count). The SMILES string of the molecule is CCCCNS(=O)(=O)c1ccc(OCC(=O)Nc2c(CC)cc(Br)cc2CC)cc1. The van der Waals surface area contributed by atoms with Crippen molar-refractivity contribution in [3.05, 3.63) is 52.0 Å². The second kappa shape index (κ2) is 11.5. The number of rotatable bonds is 11. The van der Waals surface area contributed by atoms with Crippen LogP contribution in [0.5, 0.6) is 5.75 Å². The van der Waals surface area contributed by atoms with Gasteiger partial charge in [-0.1, -0.05) is 43.1 Å². The van der Waals surface area contributed by atoms with Crippen molar-refractivity contribution < 1.29 is 17.9 Å². The number of hydrogen-bond donors (Lipinski definition) is 2. The normalized spacial score (nSPS) is 11.3. The Hall–Kier alpha value is -1.90. The van der Waals surface area contributed by atoms with Gasteiger partial charge in [0.25, 0.3) is 5.91 Å². The van der Waals surface area contributed by atoms with Crippen molar-refractivity contribution in [2.45, 2.75) is 51.3 Å². The fourth-order valence-electron chi connectivity index (χ4n) is 2.95. The van der Waals surface area contributed by atoms with Crippen molar-refractivity contribution in [3.63, 3.8) is 0 Å². The molecule has 6 nitrogen and oxygen atoms in total. The van der Waals surface area contributed by atoms with Crippen LogP contribution in [-0.2, 0) is 27.7 Å². The number of benzene rings is 2. The van der Waals surface area contributed by atoms with Crippen molar-refractivity contribution >= 4 is 37.5 Å². The minimum absolute atomic E-state index is 0.163. The number of halogens is 1. The lowest BCUT2D eigenvalue weighted by Crippen LogP contribution is -2.24. The van der Waals surface area contributed by atoms with Crippen LogP contribution < -0.4 is 14.8 Å². The maximum atomic E-state index is 12.4. The first-order chi connectivity index (χ1) is 14.3. The van der Waals surface area contributed by atoms with E-state index in [4.69, 9.17) is 4.74 Å². The van der Waals surface area contributed by atoms with E-state index in [0.29, 0.717) is 12.3 Å². The molecule has 8 heteroatoms. The van der Waals surface area contributed by atoms with Crippen LogP contribution in [0.4, 0.5) is 5.69 Å². The number of carbonyl (C=O) groups is 1. The molecular formula is C22H29BrN2O4S. The Kier molecular flexibility index (Phi) is 9.33. The molecule has 0 atom stereocenters. The van der Waals surface area contributed by atoms with E-state index in [1.807, 2.05) is 32.9 Å². The Bertz CT molecular complexity index is 935. The van der Waals surface area contributed by atoms with Crippen molar-refractivity contribution in [3.8, 4) is 5.75 Å². The van der Waals surface area contributed by atoms with Gasteiger partial charge in [0.05, 0.1) is 4.90 Å². The fraction of sp³-hybridized carbons (Fsp3) is 0.409. The Morgan fingerprint density at radius 3 is 2.17 bits per heavy atom. The Labute approximate surface area is 187 Å². The summed E-state index contributed by atoms with van der Waals surface area (Å²) in [6.45, 7) is 6.33.